The van der Waals surface area contributed by atoms with Crippen LogP contribution >= 0.6 is 0 Å². The number of carbonyl (C=O) groups is 1. The Morgan fingerprint density at radius 2 is 2.20 bits per heavy atom. The van der Waals surface area contributed by atoms with E-state index in [0.717, 1.165) is 17.3 Å². The molecular formula is C16H17FN2O. The maximum Gasteiger partial charge on any atom is 0.271 e. The van der Waals surface area contributed by atoms with Crippen molar-refractivity contribution in [2.45, 2.75) is 19.4 Å². The molecule has 4 heteroatoms. The van der Waals surface area contributed by atoms with Gasteiger partial charge in [-0.3, -0.25) is 4.79 Å². The van der Waals surface area contributed by atoms with E-state index in [0.29, 0.717) is 12.2 Å². The van der Waals surface area contributed by atoms with Gasteiger partial charge in [-0.1, -0.05) is 19.1 Å². The van der Waals surface area contributed by atoms with E-state index < -0.39 is 0 Å². The van der Waals surface area contributed by atoms with E-state index in [4.69, 9.17) is 0 Å². The second-order valence-corrected chi connectivity index (χ2v) is 5.15. The first-order valence-electron chi connectivity index (χ1n) is 6.84. The zero-order valence-corrected chi connectivity index (χ0v) is 11.6. The molecule has 3 nitrogen and oxygen atoms in total. The number of nitrogens with zero attached hydrogens (tertiary/aromatic N) is 2. The number of fused-ring (bicyclic) bond motifs is 1. The van der Waals surface area contributed by atoms with E-state index in [2.05, 4.69) is 13.0 Å². The van der Waals surface area contributed by atoms with Crippen molar-refractivity contribution in [2.24, 2.45) is 7.05 Å². The van der Waals surface area contributed by atoms with Gasteiger partial charge in [-0.25, -0.2) is 4.39 Å². The maximum atomic E-state index is 13.3. The second kappa shape index (κ2) is 4.78. The molecular weight excluding hydrogens is 255 g/mol. The van der Waals surface area contributed by atoms with Gasteiger partial charge >= 0.3 is 0 Å². The van der Waals surface area contributed by atoms with Crippen LogP contribution in [0.15, 0.2) is 36.4 Å². The van der Waals surface area contributed by atoms with Gasteiger partial charge in [-0.15, -0.1) is 0 Å². The van der Waals surface area contributed by atoms with E-state index in [1.165, 1.54) is 12.1 Å². The lowest BCUT2D eigenvalue weighted by Crippen LogP contribution is -2.36. The zero-order chi connectivity index (χ0) is 14.3. The van der Waals surface area contributed by atoms with Crippen LogP contribution in [0.2, 0.25) is 0 Å². The first-order chi connectivity index (χ1) is 9.61. The van der Waals surface area contributed by atoms with Crippen LogP contribution in [0.5, 0.6) is 0 Å². The van der Waals surface area contributed by atoms with E-state index in [1.54, 1.807) is 12.1 Å². The molecule has 1 amide bonds. The van der Waals surface area contributed by atoms with Crippen LogP contribution in [0.4, 0.5) is 4.39 Å². The fourth-order valence-corrected chi connectivity index (χ4v) is 2.83. The second-order valence-electron chi connectivity index (χ2n) is 5.15. The van der Waals surface area contributed by atoms with Gasteiger partial charge < -0.3 is 9.47 Å². The van der Waals surface area contributed by atoms with E-state index >= 15 is 0 Å². The van der Waals surface area contributed by atoms with Crippen LogP contribution in [-0.4, -0.2) is 28.0 Å². The lowest BCUT2D eigenvalue weighted by molar-refractivity contribution is 0.0738. The van der Waals surface area contributed by atoms with Gasteiger partial charge in [-0.2, -0.15) is 0 Å². The SMILES string of the molecule is CC[C@@H]1C=CCN1C(=O)c1cc2cc(F)ccc2n1C. The standard InChI is InChI=1S/C16H17FN2O/c1-3-13-5-4-8-19(13)16(20)15-10-11-9-12(17)6-7-14(11)18(15)2/h4-7,9-10,13H,3,8H2,1-2H3/t13-/m1/s1. The number of benzene rings is 1. The van der Waals surface area contributed by atoms with Gasteiger partial charge in [-0.05, 0) is 30.7 Å². The highest BCUT2D eigenvalue weighted by molar-refractivity contribution is 5.99. The fraction of sp³-hybridized carbons (Fsp3) is 0.312. The molecule has 1 aromatic carbocycles. The summed E-state index contributed by atoms with van der Waals surface area (Å²) < 4.78 is 15.1. The summed E-state index contributed by atoms with van der Waals surface area (Å²) in [6.07, 6.45) is 5.00. The number of aryl methyl sites for hydroxylation is 1. The van der Waals surface area contributed by atoms with Crippen molar-refractivity contribution in [3.63, 3.8) is 0 Å². The van der Waals surface area contributed by atoms with Crippen LogP contribution in [-0.2, 0) is 7.05 Å². The molecule has 0 fully saturated rings. The van der Waals surface area contributed by atoms with Crippen LogP contribution in [0.3, 0.4) is 0 Å². The summed E-state index contributed by atoms with van der Waals surface area (Å²) in [7, 11) is 1.85. The number of rotatable bonds is 2. The van der Waals surface area contributed by atoms with Crippen molar-refractivity contribution >= 4 is 16.8 Å². The van der Waals surface area contributed by atoms with Crippen molar-refractivity contribution in [3.05, 3.63) is 47.9 Å². The number of carbonyl (C=O) groups excluding carboxylic acids is 1. The quantitative estimate of drug-likeness (QED) is 0.771. The fourth-order valence-electron chi connectivity index (χ4n) is 2.83. The Balaban J connectivity index is 2.02. The molecule has 1 aliphatic rings. The third kappa shape index (κ3) is 1.92. The van der Waals surface area contributed by atoms with Gasteiger partial charge in [0.2, 0.25) is 0 Å². The summed E-state index contributed by atoms with van der Waals surface area (Å²) in [5.41, 5.74) is 1.47. The van der Waals surface area contributed by atoms with E-state index in [1.807, 2.05) is 22.6 Å². The van der Waals surface area contributed by atoms with Crippen molar-refractivity contribution in [1.29, 1.82) is 0 Å². The first-order valence-corrected chi connectivity index (χ1v) is 6.84. The molecule has 3 rings (SSSR count). The van der Waals surface area contributed by atoms with Crippen molar-refractivity contribution in [1.82, 2.24) is 9.47 Å². The highest BCUT2D eigenvalue weighted by Gasteiger charge is 2.26. The molecule has 1 aliphatic heterocycles. The Bertz CT molecular complexity index is 702. The van der Waals surface area contributed by atoms with Crippen LogP contribution in [0.25, 0.3) is 10.9 Å². The Kier molecular flexibility index (Phi) is 3.08. The average molecular weight is 272 g/mol. The summed E-state index contributed by atoms with van der Waals surface area (Å²) in [4.78, 5) is 14.5. The summed E-state index contributed by atoms with van der Waals surface area (Å²) in [6.45, 7) is 2.71. The molecule has 0 saturated carbocycles. The minimum Gasteiger partial charge on any atom is -0.340 e. The van der Waals surface area contributed by atoms with Crippen molar-refractivity contribution < 1.29 is 9.18 Å². The topological polar surface area (TPSA) is 25.2 Å². The Labute approximate surface area is 117 Å². The lowest BCUT2D eigenvalue weighted by Gasteiger charge is -2.23. The number of hydrogen-bond acceptors (Lipinski definition) is 1. The molecule has 0 bridgehead atoms. The largest absolute Gasteiger partial charge is 0.340 e. The molecule has 2 aromatic rings. The smallest absolute Gasteiger partial charge is 0.271 e. The zero-order valence-electron chi connectivity index (χ0n) is 11.6. The Morgan fingerprint density at radius 3 is 2.95 bits per heavy atom. The van der Waals surface area contributed by atoms with Gasteiger partial charge in [0.15, 0.2) is 0 Å². The van der Waals surface area contributed by atoms with Gasteiger partial charge in [0.05, 0.1) is 6.04 Å². The predicted octanol–water partition coefficient (Wildman–Crippen LogP) is 3.11. The monoisotopic (exact) mass is 272 g/mol. The number of halogens is 1. The molecule has 0 unspecified atom stereocenters. The highest BCUT2D eigenvalue weighted by atomic mass is 19.1. The van der Waals surface area contributed by atoms with Crippen LogP contribution in [0, 0.1) is 5.82 Å². The Morgan fingerprint density at radius 1 is 1.40 bits per heavy atom. The number of amides is 1. The highest BCUT2D eigenvalue weighted by Crippen LogP contribution is 2.23. The molecule has 0 aliphatic carbocycles. The maximum absolute atomic E-state index is 13.3. The normalized spacial score (nSPS) is 18.1. The summed E-state index contributed by atoms with van der Waals surface area (Å²) in [6, 6.07) is 6.53. The van der Waals surface area contributed by atoms with Crippen molar-refractivity contribution in [3.8, 4) is 0 Å². The summed E-state index contributed by atoms with van der Waals surface area (Å²) in [5.74, 6) is -0.280. The molecule has 0 radical (unpaired) electrons. The predicted molar refractivity (Wildman–Crippen MR) is 77.1 cm³/mol. The molecule has 20 heavy (non-hydrogen) atoms. The van der Waals surface area contributed by atoms with Gasteiger partial charge in [0.25, 0.3) is 5.91 Å². The molecule has 0 spiro atoms. The molecule has 0 saturated heterocycles. The van der Waals surface area contributed by atoms with Crippen LogP contribution in [0.1, 0.15) is 23.8 Å². The number of hydrogen-bond donors (Lipinski definition) is 0. The molecule has 2 heterocycles. The third-order valence-corrected chi connectivity index (χ3v) is 3.96. The Hall–Kier alpha value is -2.10. The molecule has 1 aromatic heterocycles. The number of aromatic nitrogens is 1. The third-order valence-electron chi connectivity index (χ3n) is 3.96. The minimum atomic E-state index is -0.281. The summed E-state index contributed by atoms with van der Waals surface area (Å²) >= 11 is 0. The van der Waals surface area contributed by atoms with Crippen LogP contribution < -0.4 is 0 Å². The summed E-state index contributed by atoms with van der Waals surface area (Å²) in [5, 5.41) is 0.760. The minimum absolute atomic E-state index is 0.000887. The van der Waals surface area contributed by atoms with E-state index in [9.17, 15) is 9.18 Å². The molecule has 0 N–H and O–H groups in total. The average Bonchev–Trinajstić information content (AvgIpc) is 3.02. The molecule has 104 valence electrons. The van der Waals surface area contributed by atoms with Gasteiger partial charge in [0.1, 0.15) is 11.5 Å². The van der Waals surface area contributed by atoms with E-state index in [-0.39, 0.29) is 17.8 Å². The lowest BCUT2D eigenvalue weighted by atomic mass is 10.2. The first kappa shape index (κ1) is 12.9. The molecule has 1 atom stereocenters. The van der Waals surface area contributed by atoms with Gasteiger partial charge in [0, 0.05) is 24.5 Å². The van der Waals surface area contributed by atoms with Crippen molar-refractivity contribution in [2.75, 3.05) is 6.54 Å².